The Morgan fingerprint density at radius 1 is 1.26 bits per heavy atom. The number of carbonyl (C=O) groups is 2. The molecule has 1 aromatic rings. The van der Waals surface area contributed by atoms with Gasteiger partial charge in [0.1, 0.15) is 0 Å². The number of amides is 2. The van der Waals surface area contributed by atoms with Gasteiger partial charge in [0.15, 0.2) is 0 Å². The van der Waals surface area contributed by atoms with Gasteiger partial charge in [-0.05, 0) is 30.5 Å². The van der Waals surface area contributed by atoms with Gasteiger partial charge >= 0.3 is 0 Å². The van der Waals surface area contributed by atoms with Crippen molar-refractivity contribution in [1.82, 2.24) is 10.2 Å². The van der Waals surface area contributed by atoms with Crippen molar-refractivity contribution in [3.63, 3.8) is 0 Å². The summed E-state index contributed by atoms with van der Waals surface area (Å²) in [5.74, 6) is 0.105. The van der Waals surface area contributed by atoms with Crippen LogP contribution in [-0.4, -0.2) is 35.8 Å². The van der Waals surface area contributed by atoms with Gasteiger partial charge in [-0.1, -0.05) is 47.3 Å². The topological polar surface area (TPSA) is 49.4 Å². The van der Waals surface area contributed by atoms with E-state index in [-0.39, 0.29) is 11.8 Å². The number of hydrogen-bond acceptors (Lipinski definition) is 2. The zero-order chi connectivity index (χ0) is 16.7. The average molecular weight is 381 g/mol. The van der Waals surface area contributed by atoms with Crippen LogP contribution in [0.3, 0.4) is 0 Å². The van der Waals surface area contributed by atoms with Gasteiger partial charge in [0.2, 0.25) is 11.8 Å². The standard InChI is InChI=1S/C18H25BrN2O2/c1-14(22)21(17-8-3-2-4-9-17)11-10-20-18(23)13-15-6-5-7-16(19)12-15/h5-7,12,17H,2-4,8-11,13H2,1H3,(H,20,23). The third-order valence-corrected chi connectivity index (χ3v) is 4.84. The van der Waals surface area contributed by atoms with Crippen LogP contribution in [0.5, 0.6) is 0 Å². The summed E-state index contributed by atoms with van der Waals surface area (Å²) < 4.78 is 0.975. The second-order valence-corrected chi connectivity index (χ2v) is 7.08. The highest BCUT2D eigenvalue weighted by Gasteiger charge is 2.22. The molecule has 0 radical (unpaired) electrons. The molecule has 1 aliphatic carbocycles. The molecule has 1 aromatic carbocycles. The molecule has 0 unspecified atom stereocenters. The van der Waals surface area contributed by atoms with Gasteiger partial charge in [-0.3, -0.25) is 9.59 Å². The molecule has 1 saturated carbocycles. The molecule has 2 rings (SSSR count). The Labute approximate surface area is 146 Å². The maximum absolute atomic E-state index is 12.0. The van der Waals surface area contributed by atoms with Gasteiger partial charge in [-0.15, -0.1) is 0 Å². The number of rotatable bonds is 6. The fourth-order valence-corrected chi connectivity index (χ4v) is 3.65. The van der Waals surface area contributed by atoms with Crippen molar-refractivity contribution in [2.75, 3.05) is 13.1 Å². The number of nitrogens with zero attached hydrogens (tertiary/aromatic N) is 1. The first-order valence-corrected chi connectivity index (χ1v) is 9.14. The molecule has 0 spiro atoms. The van der Waals surface area contributed by atoms with E-state index in [0.717, 1.165) is 22.9 Å². The van der Waals surface area contributed by atoms with Crippen LogP contribution in [-0.2, 0) is 16.0 Å². The number of nitrogens with one attached hydrogen (secondary N) is 1. The predicted molar refractivity (Wildman–Crippen MR) is 95.1 cm³/mol. The summed E-state index contributed by atoms with van der Waals surface area (Å²) >= 11 is 3.41. The number of halogens is 1. The van der Waals surface area contributed by atoms with Crippen molar-refractivity contribution in [2.45, 2.75) is 51.5 Å². The Kier molecular flexibility index (Phi) is 7.09. The van der Waals surface area contributed by atoms with E-state index in [1.807, 2.05) is 29.2 Å². The van der Waals surface area contributed by atoms with E-state index in [0.29, 0.717) is 25.6 Å². The largest absolute Gasteiger partial charge is 0.354 e. The van der Waals surface area contributed by atoms with Crippen LogP contribution in [0.2, 0.25) is 0 Å². The first-order chi connectivity index (χ1) is 11.1. The van der Waals surface area contributed by atoms with Crippen molar-refractivity contribution in [2.24, 2.45) is 0 Å². The smallest absolute Gasteiger partial charge is 0.224 e. The Bertz CT molecular complexity index is 542. The minimum Gasteiger partial charge on any atom is -0.354 e. The summed E-state index contributed by atoms with van der Waals surface area (Å²) in [5, 5.41) is 2.93. The second-order valence-electron chi connectivity index (χ2n) is 6.16. The molecule has 1 N–H and O–H groups in total. The van der Waals surface area contributed by atoms with E-state index in [1.54, 1.807) is 6.92 Å². The highest BCUT2D eigenvalue weighted by molar-refractivity contribution is 9.10. The number of hydrogen-bond donors (Lipinski definition) is 1. The van der Waals surface area contributed by atoms with Crippen LogP contribution < -0.4 is 5.32 Å². The van der Waals surface area contributed by atoms with Gasteiger partial charge in [-0.25, -0.2) is 0 Å². The maximum atomic E-state index is 12.0. The summed E-state index contributed by atoms with van der Waals surface area (Å²) in [6.45, 7) is 2.74. The highest BCUT2D eigenvalue weighted by atomic mass is 79.9. The van der Waals surface area contributed by atoms with Crippen LogP contribution in [0, 0.1) is 0 Å². The van der Waals surface area contributed by atoms with Crippen molar-refractivity contribution in [3.8, 4) is 0 Å². The van der Waals surface area contributed by atoms with E-state index >= 15 is 0 Å². The first-order valence-electron chi connectivity index (χ1n) is 8.34. The Morgan fingerprint density at radius 2 is 2.00 bits per heavy atom. The lowest BCUT2D eigenvalue weighted by atomic mass is 9.94. The average Bonchev–Trinajstić information content (AvgIpc) is 2.52. The van der Waals surface area contributed by atoms with E-state index in [2.05, 4.69) is 21.2 Å². The summed E-state index contributed by atoms with van der Waals surface area (Å²) in [7, 11) is 0. The second kappa shape index (κ2) is 9.06. The SMILES string of the molecule is CC(=O)N(CCNC(=O)Cc1cccc(Br)c1)C1CCCCC1. The van der Waals surface area contributed by atoms with E-state index in [1.165, 1.54) is 19.3 Å². The van der Waals surface area contributed by atoms with Crippen LogP contribution in [0.15, 0.2) is 28.7 Å². The van der Waals surface area contributed by atoms with Crippen molar-refractivity contribution < 1.29 is 9.59 Å². The van der Waals surface area contributed by atoms with Crippen molar-refractivity contribution >= 4 is 27.7 Å². The summed E-state index contributed by atoms with van der Waals surface area (Å²) in [4.78, 5) is 25.8. The van der Waals surface area contributed by atoms with E-state index < -0.39 is 0 Å². The van der Waals surface area contributed by atoms with Crippen LogP contribution in [0.25, 0.3) is 0 Å². The molecule has 126 valence electrons. The summed E-state index contributed by atoms with van der Waals surface area (Å²) in [6, 6.07) is 8.10. The van der Waals surface area contributed by atoms with Gasteiger partial charge in [0.05, 0.1) is 6.42 Å². The lowest BCUT2D eigenvalue weighted by molar-refractivity contribution is -0.132. The minimum atomic E-state index is -0.00440. The molecule has 0 aromatic heterocycles. The Hall–Kier alpha value is -1.36. The molecule has 1 fully saturated rings. The zero-order valence-electron chi connectivity index (χ0n) is 13.7. The van der Waals surface area contributed by atoms with Crippen molar-refractivity contribution in [1.29, 1.82) is 0 Å². The predicted octanol–water partition coefficient (Wildman–Crippen LogP) is 3.29. The molecule has 0 aliphatic heterocycles. The lowest BCUT2D eigenvalue weighted by Gasteiger charge is -2.33. The van der Waals surface area contributed by atoms with E-state index in [4.69, 9.17) is 0 Å². The van der Waals surface area contributed by atoms with Gasteiger partial charge < -0.3 is 10.2 Å². The Balaban J connectivity index is 1.77. The third-order valence-electron chi connectivity index (χ3n) is 4.35. The van der Waals surface area contributed by atoms with Gasteiger partial charge in [-0.2, -0.15) is 0 Å². The van der Waals surface area contributed by atoms with Crippen LogP contribution in [0.4, 0.5) is 0 Å². The van der Waals surface area contributed by atoms with E-state index in [9.17, 15) is 9.59 Å². The Morgan fingerprint density at radius 3 is 2.65 bits per heavy atom. The minimum absolute atomic E-state index is 0.00440. The summed E-state index contributed by atoms with van der Waals surface area (Å²) in [5.41, 5.74) is 0.979. The van der Waals surface area contributed by atoms with Gasteiger partial charge in [0.25, 0.3) is 0 Å². The number of carbonyl (C=O) groups excluding carboxylic acids is 2. The van der Waals surface area contributed by atoms with Crippen LogP contribution >= 0.6 is 15.9 Å². The molecular formula is C18H25BrN2O2. The molecule has 0 atom stereocenters. The molecule has 0 saturated heterocycles. The summed E-state index contributed by atoms with van der Waals surface area (Å²) in [6.07, 6.45) is 6.21. The fourth-order valence-electron chi connectivity index (χ4n) is 3.20. The maximum Gasteiger partial charge on any atom is 0.224 e. The molecule has 4 nitrogen and oxygen atoms in total. The number of benzene rings is 1. The molecular weight excluding hydrogens is 356 g/mol. The highest BCUT2D eigenvalue weighted by Crippen LogP contribution is 2.22. The molecule has 5 heteroatoms. The van der Waals surface area contributed by atoms with Gasteiger partial charge in [0, 0.05) is 30.5 Å². The molecule has 2 amide bonds. The molecule has 0 bridgehead atoms. The zero-order valence-corrected chi connectivity index (χ0v) is 15.3. The normalized spacial score (nSPS) is 15.2. The van der Waals surface area contributed by atoms with Crippen LogP contribution in [0.1, 0.15) is 44.6 Å². The fraction of sp³-hybridized carbons (Fsp3) is 0.556. The molecule has 0 heterocycles. The lowest BCUT2D eigenvalue weighted by Crippen LogP contribution is -2.44. The third kappa shape index (κ3) is 5.98. The first kappa shape index (κ1) is 18.0. The monoisotopic (exact) mass is 380 g/mol. The molecule has 1 aliphatic rings. The molecule has 23 heavy (non-hydrogen) atoms. The van der Waals surface area contributed by atoms with Crippen molar-refractivity contribution in [3.05, 3.63) is 34.3 Å². The quantitative estimate of drug-likeness (QED) is 0.822.